The van der Waals surface area contributed by atoms with E-state index >= 15 is 0 Å². The number of halogens is 2. The molecule has 0 aromatic heterocycles. The average Bonchev–Trinajstić information content (AvgIpc) is 2.12. The standard InChI is InChI=1S/C9H8BrClO2/c10-5-1-2-6(11)9-8(5)7(12)3-4-13-9/h1-2,7,12H,3-4H2/t7-/m1/s1. The third kappa shape index (κ3) is 1.56. The van der Waals surface area contributed by atoms with Crippen molar-refractivity contribution in [2.75, 3.05) is 6.61 Å². The molecule has 1 heterocycles. The van der Waals surface area contributed by atoms with Gasteiger partial charge in [-0.25, -0.2) is 0 Å². The van der Waals surface area contributed by atoms with Crippen LogP contribution in [0.25, 0.3) is 0 Å². The fourth-order valence-electron chi connectivity index (χ4n) is 1.42. The van der Waals surface area contributed by atoms with Crippen LogP contribution in [0.4, 0.5) is 0 Å². The minimum absolute atomic E-state index is 0.475. The van der Waals surface area contributed by atoms with E-state index in [0.29, 0.717) is 23.8 Å². The van der Waals surface area contributed by atoms with Crippen molar-refractivity contribution in [2.24, 2.45) is 0 Å². The summed E-state index contributed by atoms with van der Waals surface area (Å²) in [5, 5.41) is 10.3. The van der Waals surface area contributed by atoms with Gasteiger partial charge in [0, 0.05) is 16.5 Å². The number of benzene rings is 1. The summed E-state index contributed by atoms with van der Waals surface area (Å²) in [6.07, 6.45) is 0.142. The van der Waals surface area contributed by atoms with Crippen LogP contribution in [0.3, 0.4) is 0 Å². The van der Waals surface area contributed by atoms with Gasteiger partial charge < -0.3 is 9.84 Å². The monoisotopic (exact) mass is 262 g/mol. The molecule has 13 heavy (non-hydrogen) atoms. The Hall–Kier alpha value is -0.250. The number of aliphatic hydroxyl groups excluding tert-OH is 1. The molecule has 0 saturated carbocycles. The molecule has 0 unspecified atom stereocenters. The van der Waals surface area contributed by atoms with Gasteiger partial charge in [-0.05, 0) is 12.1 Å². The van der Waals surface area contributed by atoms with Crippen LogP contribution in [0, 0.1) is 0 Å². The summed E-state index contributed by atoms with van der Waals surface area (Å²) >= 11 is 9.28. The van der Waals surface area contributed by atoms with Crippen molar-refractivity contribution in [2.45, 2.75) is 12.5 Å². The van der Waals surface area contributed by atoms with Crippen molar-refractivity contribution in [1.29, 1.82) is 0 Å². The van der Waals surface area contributed by atoms with E-state index in [0.717, 1.165) is 10.0 Å². The molecule has 2 rings (SSSR count). The van der Waals surface area contributed by atoms with Crippen LogP contribution < -0.4 is 4.74 Å². The fraction of sp³-hybridized carbons (Fsp3) is 0.333. The predicted octanol–water partition coefficient (Wildman–Crippen LogP) is 2.92. The van der Waals surface area contributed by atoms with Gasteiger partial charge in [0.05, 0.1) is 17.7 Å². The van der Waals surface area contributed by atoms with Crippen LogP contribution in [-0.4, -0.2) is 11.7 Å². The second-order valence-corrected chi connectivity index (χ2v) is 4.19. The van der Waals surface area contributed by atoms with E-state index in [-0.39, 0.29) is 0 Å². The van der Waals surface area contributed by atoms with Crippen LogP contribution in [0.2, 0.25) is 5.02 Å². The van der Waals surface area contributed by atoms with Gasteiger partial charge in [-0.3, -0.25) is 0 Å². The minimum atomic E-state index is -0.475. The van der Waals surface area contributed by atoms with E-state index in [9.17, 15) is 5.11 Å². The molecule has 0 bridgehead atoms. The first kappa shape index (κ1) is 9.31. The molecule has 0 fully saturated rings. The van der Waals surface area contributed by atoms with E-state index < -0.39 is 6.10 Å². The largest absolute Gasteiger partial charge is 0.491 e. The zero-order valence-corrected chi connectivity index (χ0v) is 9.10. The van der Waals surface area contributed by atoms with Crippen LogP contribution in [0.15, 0.2) is 16.6 Å². The number of hydrogen-bond donors (Lipinski definition) is 1. The first-order valence-electron chi connectivity index (χ1n) is 3.99. The summed E-state index contributed by atoms with van der Waals surface area (Å²) in [5.74, 6) is 0.606. The lowest BCUT2D eigenvalue weighted by Crippen LogP contribution is -2.14. The Kier molecular flexibility index (Phi) is 2.49. The summed E-state index contributed by atoms with van der Waals surface area (Å²) in [5.41, 5.74) is 0.763. The lowest BCUT2D eigenvalue weighted by molar-refractivity contribution is 0.114. The number of hydrogen-bond acceptors (Lipinski definition) is 2. The van der Waals surface area contributed by atoms with Crippen molar-refractivity contribution < 1.29 is 9.84 Å². The second-order valence-electron chi connectivity index (χ2n) is 2.92. The molecular weight excluding hydrogens is 255 g/mol. The Balaban J connectivity index is 2.60. The zero-order valence-electron chi connectivity index (χ0n) is 6.76. The molecule has 0 radical (unpaired) electrons. The van der Waals surface area contributed by atoms with Gasteiger partial charge in [-0.15, -0.1) is 0 Å². The van der Waals surface area contributed by atoms with Crippen molar-refractivity contribution >= 4 is 27.5 Å². The number of rotatable bonds is 0. The molecule has 1 aromatic rings. The molecule has 0 amide bonds. The quantitative estimate of drug-likeness (QED) is 0.780. The van der Waals surface area contributed by atoms with Crippen molar-refractivity contribution in [1.82, 2.24) is 0 Å². The van der Waals surface area contributed by atoms with Gasteiger partial charge in [-0.1, -0.05) is 27.5 Å². The SMILES string of the molecule is O[C@@H]1CCOc2c(Cl)ccc(Br)c21. The van der Waals surface area contributed by atoms with Crippen molar-refractivity contribution in [3.63, 3.8) is 0 Å². The highest BCUT2D eigenvalue weighted by Crippen LogP contribution is 2.41. The van der Waals surface area contributed by atoms with E-state index in [1.54, 1.807) is 6.07 Å². The number of aliphatic hydroxyl groups is 1. The zero-order chi connectivity index (χ0) is 9.42. The van der Waals surface area contributed by atoms with Gasteiger partial charge in [0.15, 0.2) is 0 Å². The van der Waals surface area contributed by atoms with Gasteiger partial charge >= 0.3 is 0 Å². The maximum atomic E-state index is 9.70. The number of ether oxygens (including phenoxy) is 1. The van der Waals surface area contributed by atoms with Crippen molar-refractivity contribution in [3.05, 3.63) is 27.2 Å². The fourth-order valence-corrected chi connectivity index (χ4v) is 2.22. The summed E-state index contributed by atoms with van der Waals surface area (Å²) in [4.78, 5) is 0. The van der Waals surface area contributed by atoms with Gasteiger partial charge in [-0.2, -0.15) is 0 Å². The van der Waals surface area contributed by atoms with Crippen LogP contribution in [-0.2, 0) is 0 Å². The Morgan fingerprint density at radius 3 is 3.00 bits per heavy atom. The summed E-state index contributed by atoms with van der Waals surface area (Å²) in [6, 6.07) is 3.57. The third-order valence-electron chi connectivity index (χ3n) is 2.07. The first-order chi connectivity index (χ1) is 6.20. The normalized spacial score (nSPS) is 20.7. The van der Waals surface area contributed by atoms with E-state index in [1.165, 1.54) is 0 Å². The third-order valence-corrected chi connectivity index (χ3v) is 3.05. The van der Waals surface area contributed by atoms with Crippen LogP contribution in [0.1, 0.15) is 18.1 Å². The van der Waals surface area contributed by atoms with E-state index in [2.05, 4.69) is 15.9 Å². The minimum Gasteiger partial charge on any atom is -0.491 e. The highest BCUT2D eigenvalue weighted by molar-refractivity contribution is 9.10. The molecule has 1 aliphatic rings. The molecule has 0 spiro atoms. The highest BCUT2D eigenvalue weighted by atomic mass is 79.9. The molecule has 1 aromatic carbocycles. The Bertz CT molecular complexity index is 341. The second kappa shape index (κ2) is 3.48. The topological polar surface area (TPSA) is 29.5 Å². The molecular formula is C9H8BrClO2. The Morgan fingerprint density at radius 2 is 2.31 bits per heavy atom. The summed E-state index contributed by atoms with van der Waals surface area (Å²) < 4.78 is 6.23. The molecule has 70 valence electrons. The predicted molar refractivity (Wildman–Crippen MR) is 54.2 cm³/mol. The molecule has 1 N–H and O–H groups in total. The summed E-state index contributed by atoms with van der Waals surface area (Å²) in [7, 11) is 0. The lowest BCUT2D eigenvalue weighted by Gasteiger charge is -2.23. The lowest BCUT2D eigenvalue weighted by atomic mass is 10.0. The number of fused-ring (bicyclic) bond motifs is 1. The maximum absolute atomic E-state index is 9.70. The molecule has 1 atom stereocenters. The summed E-state index contributed by atoms with van der Waals surface area (Å²) in [6.45, 7) is 0.518. The van der Waals surface area contributed by atoms with Gasteiger partial charge in [0.1, 0.15) is 5.75 Å². The van der Waals surface area contributed by atoms with E-state index in [1.807, 2.05) is 6.07 Å². The molecule has 2 nitrogen and oxygen atoms in total. The van der Waals surface area contributed by atoms with Crippen LogP contribution >= 0.6 is 27.5 Å². The Labute approximate surface area is 89.6 Å². The van der Waals surface area contributed by atoms with Crippen molar-refractivity contribution in [3.8, 4) is 5.75 Å². The average molecular weight is 264 g/mol. The highest BCUT2D eigenvalue weighted by Gasteiger charge is 2.23. The Morgan fingerprint density at radius 1 is 1.54 bits per heavy atom. The van der Waals surface area contributed by atoms with Gasteiger partial charge in [0.2, 0.25) is 0 Å². The maximum Gasteiger partial charge on any atom is 0.144 e. The molecule has 0 aliphatic carbocycles. The molecule has 1 aliphatic heterocycles. The van der Waals surface area contributed by atoms with Gasteiger partial charge in [0.25, 0.3) is 0 Å². The van der Waals surface area contributed by atoms with E-state index in [4.69, 9.17) is 16.3 Å². The first-order valence-corrected chi connectivity index (χ1v) is 5.16. The van der Waals surface area contributed by atoms with Crippen LogP contribution in [0.5, 0.6) is 5.75 Å². The molecule has 0 saturated heterocycles. The smallest absolute Gasteiger partial charge is 0.144 e. The molecule has 4 heteroatoms.